The largest absolute Gasteiger partial charge is 0.481 e. The monoisotopic (exact) mass is 457 g/mol. The molecule has 0 aliphatic rings. The van der Waals surface area contributed by atoms with Gasteiger partial charge in [0.2, 0.25) is 0 Å². The van der Waals surface area contributed by atoms with Crippen LogP contribution in [-0.4, -0.2) is 20.4 Å². The first kappa shape index (κ1) is 22.8. The summed E-state index contributed by atoms with van der Waals surface area (Å²) in [6.07, 6.45) is -1.06. The molecule has 0 aliphatic heterocycles. The van der Waals surface area contributed by atoms with Crippen LogP contribution in [0.2, 0.25) is 5.02 Å². The van der Waals surface area contributed by atoms with Crippen LogP contribution in [0, 0.1) is 20.8 Å². The number of halogens is 1. The summed E-state index contributed by atoms with van der Waals surface area (Å²) in [5.74, 6) is -0.227. The van der Waals surface area contributed by atoms with Crippen molar-refractivity contribution in [1.29, 1.82) is 0 Å². The van der Waals surface area contributed by atoms with Crippen LogP contribution in [0.25, 0.3) is 0 Å². The van der Waals surface area contributed by atoms with Gasteiger partial charge in [-0.05, 0) is 80.8 Å². The van der Waals surface area contributed by atoms with Gasteiger partial charge in [0, 0.05) is 5.02 Å². The number of carbonyl (C=O) groups is 1. The number of hydrogen-bond acceptors (Lipinski definition) is 4. The Kier molecular flexibility index (Phi) is 6.72. The molecule has 0 spiro atoms. The third-order valence-electron chi connectivity index (χ3n) is 5.06. The highest BCUT2D eigenvalue weighted by Crippen LogP contribution is 2.30. The molecule has 0 fully saturated rings. The molecule has 3 rings (SSSR count). The lowest BCUT2D eigenvalue weighted by atomic mass is 10.1. The van der Waals surface area contributed by atoms with Gasteiger partial charge < -0.3 is 4.74 Å². The van der Waals surface area contributed by atoms with E-state index in [-0.39, 0.29) is 4.90 Å². The molecule has 0 radical (unpaired) electrons. The summed E-state index contributed by atoms with van der Waals surface area (Å²) < 4.78 is 33.8. The molecular weight excluding hydrogens is 434 g/mol. The molecule has 31 heavy (non-hydrogen) atoms. The van der Waals surface area contributed by atoms with Crippen LogP contribution in [0.3, 0.4) is 0 Å². The first-order valence-corrected chi connectivity index (χ1v) is 11.6. The zero-order chi connectivity index (χ0) is 22.8. The number of anilines is 1. The number of rotatable bonds is 6. The normalized spacial score (nSPS) is 12.3. The molecule has 3 aromatic rings. The Hall–Kier alpha value is -2.83. The third kappa shape index (κ3) is 4.75. The molecule has 0 bridgehead atoms. The molecular formula is C24H24ClNO4S. The molecule has 0 aromatic heterocycles. The van der Waals surface area contributed by atoms with Crippen LogP contribution in [0.15, 0.2) is 71.6 Å². The van der Waals surface area contributed by atoms with E-state index in [2.05, 4.69) is 0 Å². The average molecular weight is 458 g/mol. The molecule has 5 nitrogen and oxygen atoms in total. The molecule has 0 saturated heterocycles. The summed E-state index contributed by atoms with van der Waals surface area (Å²) in [6.45, 7) is 7.00. The maximum atomic E-state index is 13.5. The second-order valence-electron chi connectivity index (χ2n) is 7.31. The molecule has 0 saturated carbocycles. The quantitative estimate of drug-likeness (QED) is 0.493. The van der Waals surface area contributed by atoms with Crippen LogP contribution in [-0.2, 0) is 14.8 Å². The van der Waals surface area contributed by atoms with E-state index in [0.29, 0.717) is 22.0 Å². The fraction of sp³-hybridized carbons (Fsp3) is 0.208. The van der Waals surface area contributed by atoms with Crippen LogP contribution < -0.4 is 9.04 Å². The Morgan fingerprint density at radius 2 is 1.61 bits per heavy atom. The van der Waals surface area contributed by atoms with Gasteiger partial charge in [0.15, 0.2) is 6.10 Å². The molecule has 0 N–H and O–H groups in total. The fourth-order valence-electron chi connectivity index (χ4n) is 3.17. The van der Waals surface area contributed by atoms with Gasteiger partial charge in [-0.2, -0.15) is 4.31 Å². The summed E-state index contributed by atoms with van der Waals surface area (Å²) in [6, 6.07) is 18.2. The van der Waals surface area contributed by atoms with E-state index >= 15 is 0 Å². The predicted molar refractivity (Wildman–Crippen MR) is 123 cm³/mol. The Balaban J connectivity index is 2.07. The number of ether oxygens (including phenoxy) is 1. The van der Waals surface area contributed by atoms with E-state index in [1.807, 2.05) is 19.9 Å². The molecule has 3 aromatic carbocycles. The van der Waals surface area contributed by atoms with Crippen molar-refractivity contribution in [2.24, 2.45) is 0 Å². The minimum absolute atomic E-state index is 0.0270. The van der Waals surface area contributed by atoms with E-state index in [1.165, 1.54) is 19.1 Å². The standard InChI is InChI=1S/C24H24ClNO4S/c1-16-9-8-12-22(18(16)3)26(31(28,29)21-10-6-5-7-11-21)24(27)19(4)30-23-14-13-20(25)15-17(23)2/h5-15,19H,1-4H3. The molecule has 1 amide bonds. The van der Waals surface area contributed by atoms with Gasteiger partial charge in [-0.1, -0.05) is 41.9 Å². The van der Waals surface area contributed by atoms with Crippen molar-refractivity contribution < 1.29 is 17.9 Å². The van der Waals surface area contributed by atoms with Gasteiger partial charge in [-0.25, -0.2) is 8.42 Å². The summed E-state index contributed by atoms with van der Waals surface area (Å²) in [4.78, 5) is 13.5. The Labute approximate surface area is 188 Å². The van der Waals surface area contributed by atoms with Crippen LogP contribution in [0.1, 0.15) is 23.6 Å². The summed E-state index contributed by atoms with van der Waals surface area (Å²) in [5, 5.41) is 0.549. The van der Waals surface area contributed by atoms with E-state index in [1.54, 1.807) is 55.5 Å². The second kappa shape index (κ2) is 9.12. The van der Waals surface area contributed by atoms with Crippen molar-refractivity contribution in [1.82, 2.24) is 0 Å². The molecule has 162 valence electrons. The smallest absolute Gasteiger partial charge is 0.281 e. The second-order valence-corrected chi connectivity index (χ2v) is 9.53. The van der Waals surface area contributed by atoms with Crippen LogP contribution >= 0.6 is 11.6 Å². The zero-order valence-electron chi connectivity index (χ0n) is 17.8. The maximum absolute atomic E-state index is 13.5. The Morgan fingerprint density at radius 1 is 0.935 bits per heavy atom. The SMILES string of the molecule is Cc1cc(Cl)ccc1OC(C)C(=O)N(c1cccc(C)c1C)S(=O)(=O)c1ccccc1. The van der Waals surface area contributed by atoms with Crippen molar-refractivity contribution in [3.05, 3.63) is 88.4 Å². The molecule has 0 heterocycles. The maximum Gasteiger partial charge on any atom is 0.281 e. The first-order chi connectivity index (χ1) is 14.6. The van der Waals surface area contributed by atoms with Gasteiger partial charge in [0.05, 0.1) is 10.6 Å². The lowest BCUT2D eigenvalue weighted by molar-refractivity contribution is -0.123. The highest BCUT2D eigenvalue weighted by Gasteiger charge is 2.36. The van der Waals surface area contributed by atoms with Crippen LogP contribution in [0.5, 0.6) is 5.75 Å². The number of nitrogens with zero attached hydrogens (tertiary/aromatic N) is 1. The van der Waals surface area contributed by atoms with E-state index in [9.17, 15) is 13.2 Å². The molecule has 1 unspecified atom stereocenters. The number of amides is 1. The topological polar surface area (TPSA) is 63.7 Å². The summed E-state index contributed by atoms with van der Waals surface area (Å²) in [7, 11) is -4.16. The molecule has 1 atom stereocenters. The average Bonchev–Trinajstić information content (AvgIpc) is 2.73. The lowest BCUT2D eigenvalue weighted by Gasteiger charge is -2.27. The minimum Gasteiger partial charge on any atom is -0.481 e. The number of aryl methyl sites for hydroxylation is 2. The fourth-order valence-corrected chi connectivity index (χ4v) is 4.95. The van der Waals surface area contributed by atoms with Crippen molar-refractivity contribution in [2.75, 3.05) is 4.31 Å². The minimum atomic E-state index is -4.16. The highest BCUT2D eigenvalue weighted by atomic mass is 35.5. The third-order valence-corrected chi connectivity index (χ3v) is 7.03. The number of sulfonamides is 1. The van der Waals surface area contributed by atoms with E-state index in [0.717, 1.165) is 15.4 Å². The van der Waals surface area contributed by atoms with Gasteiger partial charge in [0.1, 0.15) is 5.75 Å². The predicted octanol–water partition coefficient (Wildman–Crippen LogP) is 5.45. The van der Waals surface area contributed by atoms with E-state index < -0.39 is 22.0 Å². The van der Waals surface area contributed by atoms with E-state index in [4.69, 9.17) is 16.3 Å². The van der Waals surface area contributed by atoms with Crippen LogP contribution in [0.4, 0.5) is 5.69 Å². The van der Waals surface area contributed by atoms with Gasteiger partial charge in [-0.15, -0.1) is 0 Å². The number of hydrogen-bond donors (Lipinski definition) is 0. The van der Waals surface area contributed by atoms with Crippen molar-refractivity contribution in [3.8, 4) is 5.75 Å². The first-order valence-electron chi connectivity index (χ1n) is 9.76. The summed E-state index contributed by atoms with van der Waals surface area (Å²) >= 11 is 6.00. The van der Waals surface area contributed by atoms with Crippen molar-refractivity contribution >= 4 is 33.2 Å². The van der Waals surface area contributed by atoms with Gasteiger partial charge in [-0.3, -0.25) is 4.79 Å². The van der Waals surface area contributed by atoms with Crippen molar-refractivity contribution in [2.45, 2.75) is 38.7 Å². The molecule has 7 heteroatoms. The molecule has 0 aliphatic carbocycles. The number of benzene rings is 3. The Bertz CT molecular complexity index is 1210. The lowest BCUT2D eigenvalue weighted by Crippen LogP contribution is -2.44. The zero-order valence-corrected chi connectivity index (χ0v) is 19.4. The highest BCUT2D eigenvalue weighted by molar-refractivity contribution is 7.93. The van der Waals surface area contributed by atoms with Crippen molar-refractivity contribution in [3.63, 3.8) is 0 Å². The van der Waals surface area contributed by atoms with Gasteiger partial charge >= 0.3 is 0 Å². The van der Waals surface area contributed by atoms with Gasteiger partial charge in [0.25, 0.3) is 15.9 Å². The number of carbonyl (C=O) groups excluding carboxylic acids is 1. The summed E-state index contributed by atoms with van der Waals surface area (Å²) in [5.41, 5.74) is 2.62. The Morgan fingerprint density at radius 3 is 2.26 bits per heavy atom.